The fraction of sp³-hybridized carbons (Fsp3) is 0.231. The minimum atomic E-state index is -0.450. The van der Waals surface area contributed by atoms with Crippen LogP contribution in [0, 0.1) is 0 Å². The summed E-state index contributed by atoms with van der Waals surface area (Å²) in [7, 11) is 0. The van der Waals surface area contributed by atoms with E-state index in [0.29, 0.717) is 18.7 Å². The van der Waals surface area contributed by atoms with Crippen molar-refractivity contribution >= 4 is 38.6 Å². The summed E-state index contributed by atoms with van der Waals surface area (Å²) in [5.41, 5.74) is 0.775. The van der Waals surface area contributed by atoms with Gasteiger partial charge >= 0.3 is 0 Å². The Hall–Kier alpha value is -1.82. The number of carbonyl (C=O) groups excluding carboxylic acids is 2. The smallest absolute Gasteiger partial charge is 0.237 e. The molecule has 1 aliphatic rings. The number of rotatable bonds is 1. The average Bonchev–Trinajstić information content (AvgIpc) is 2.39. The Balaban J connectivity index is 2.04. The molecule has 1 aliphatic heterocycles. The summed E-state index contributed by atoms with van der Waals surface area (Å²) >= 11 is 3.43. The van der Waals surface area contributed by atoms with Gasteiger partial charge in [0.25, 0.3) is 0 Å². The third-order valence-corrected chi connectivity index (χ3v) is 3.77. The second-order valence-corrected chi connectivity index (χ2v) is 5.26. The van der Waals surface area contributed by atoms with Crippen LogP contribution in [0.1, 0.15) is 24.6 Å². The Labute approximate surface area is 117 Å². The first-order valence-electron chi connectivity index (χ1n) is 5.90. The van der Waals surface area contributed by atoms with Gasteiger partial charge in [-0.05, 0) is 28.4 Å². The fourth-order valence-corrected chi connectivity index (χ4v) is 2.61. The second-order valence-electron chi connectivity index (χ2n) is 4.41. The number of halogens is 1. The van der Waals surface area contributed by atoms with Gasteiger partial charge in [-0.15, -0.1) is 0 Å². The lowest BCUT2D eigenvalue weighted by atomic mass is 9.97. The summed E-state index contributed by atoms with van der Waals surface area (Å²) in [5, 5.41) is 3.23. The predicted octanol–water partition coefficient (Wildman–Crippen LogP) is 1.91. The summed E-state index contributed by atoms with van der Waals surface area (Å²) in [6.45, 7) is 0. The van der Waals surface area contributed by atoms with Crippen LogP contribution in [0.15, 0.2) is 28.9 Å². The van der Waals surface area contributed by atoms with E-state index in [1.807, 2.05) is 18.2 Å². The lowest BCUT2D eigenvalue weighted by Crippen LogP contribution is -2.40. The minimum absolute atomic E-state index is 0.233. The van der Waals surface area contributed by atoms with Crippen LogP contribution in [0.3, 0.4) is 0 Å². The molecule has 2 aromatic rings. The zero-order valence-corrected chi connectivity index (χ0v) is 11.5. The number of hydrogen-bond acceptors (Lipinski definition) is 4. The number of aromatic nitrogens is 2. The number of amides is 2. The molecular formula is C13H10BrN3O2. The number of hydrogen-bond donors (Lipinski definition) is 1. The van der Waals surface area contributed by atoms with Gasteiger partial charge in [0.2, 0.25) is 11.8 Å². The van der Waals surface area contributed by atoms with Gasteiger partial charge in [0.1, 0.15) is 5.82 Å². The molecule has 2 amide bonds. The zero-order valence-electron chi connectivity index (χ0n) is 9.89. The van der Waals surface area contributed by atoms with Crippen molar-refractivity contribution in [2.75, 3.05) is 0 Å². The highest BCUT2D eigenvalue weighted by Gasteiger charge is 2.30. The van der Waals surface area contributed by atoms with E-state index in [0.717, 1.165) is 15.4 Å². The van der Waals surface area contributed by atoms with Gasteiger partial charge in [-0.25, -0.2) is 9.97 Å². The second kappa shape index (κ2) is 4.70. The highest BCUT2D eigenvalue weighted by molar-refractivity contribution is 9.10. The Morgan fingerprint density at radius 3 is 2.95 bits per heavy atom. The van der Waals surface area contributed by atoms with Gasteiger partial charge < -0.3 is 0 Å². The fourth-order valence-electron chi connectivity index (χ4n) is 2.14. The average molecular weight is 320 g/mol. The van der Waals surface area contributed by atoms with E-state index < -0.39 is 5.92 Å². The van der Waals surface area contributed by atoms with Crippen molar-refractivity contribution in [1.82, 2.24) is 15.3 Å². The molecule has 0 radical (unpaired) electrons. The van der Waals surface area contributed by atoms with Crippen molar-refractivity contribution < 1.29 is 9.59 Å². The van der Waals surface area contributed by atoms with E-state index >= 15 is 0 Å². The van der Waals surface area contributed by atoms with Gasteiger partial charge in [-0.2, -0.15) is 0 Å². The Kier molecular flexibility index (Phi) is 3.02. The molecule has 0 bridgehead atoms. The monoisotopic (exact) mass is 319 g/mol. The molecular weight excluding hydrogens is 310 g/mol. The van der Waals surface area contributed by atoms with E-state index in [-0.39, 0.29) is 11.8 Å². The summed E-state index contributed by atoms with van der Waals surface area (Å²) in [6, 6.07) is 5.71. The molecule has 0 aliphatic carbocycles. The van der Waals surface area contributed by atoms with Crippen molar-refractivity contribution in [3.05, 3.63) is 34.7 Å². The maximum Gasteiger partial charge on any atom is 0.237 e. The Morgan fingerprint density at radius 1 is 1.32 bits per heavy atom. The molecule has 1 unspecified atom stereocenters. The SMILES string of the molecule is O=C1CCC(c2ncc3cccc(Br)c3n2)C(=O)N1. The molecule has 1 saturated heterocycles. The minimum Gasteiger partial charge on any atom is -0.296 e. The molecule has 0 spiro atoms. The topological polar surface area (TPSA) is 72.0 Å². The normalized spacial score (nSPS) is 19.5. The van der Waals surface area contributed by atoms with Crippen LogP contribution < -0.4 is 5.32 Å². The predicted molar refractivity (Wildman–Crippen MR) is 72.4 cm³/mol. The number of piperidine rings is 1. The van der Waals surface area contributed by atoms with Gasteiger partial charge in [0, 0.05) is 22.5 Å². The molecule has 2 heterocycles. The highest BCUT2D eigenvalue weighted by Crippen LogP contribution is 2.26. The number of carbonyl (C=O) groups is 2. The molecule has 1 aromatic heterocycles. The quantitative estimate of drug-likeness (QED) is 0.815. The van der Waals surface area contributed by atoms with Crippen LogP contribution in [-0.4, -0.2) is 21.8 Å². The van der Waals surface area contributed by atoms with Crippen LogP contribution in [0.25, 0.3) is 10.9 Å². The largest absolute Gasteiger partial charge is 0.296 e. The molecule has 1 N–H and O–H groups in total. The summed E-state index contributed by atoms with van der Waals surface area (Å²) in [4.78, 5) is 31.6. The summed E-state index contributed by atoms with van der Waals surface area (Å²) in [5.74, 6) is -0.538. The standard InChI is InChI=1S/C13H10BrN3O2/c14-9-3-1-2-7-6-15-12(17-11(7)9)8-4-5-10(18)16-13(8)19/h1-3,6,8H,4-5H2,(H,16,18,19). The van der Waals surface area contributed by atoms with E-state index in [4.69, 9.17) is 0 Å². The number of nitrogens with one attached hydrogen (secondary N) is 1. The molecule has 6 heteroatoms. The summed E-state index contributed by atoms with van der Waals surface area (Å²) in [6.07, 6.45) is 2.49. The van der Waals surface area contributed by atoms with Crippen molar-refractivity contribution in [1.29, 1.82) is 0 Å². The van der Waals surface area contributed by atoms with Crippen LogP contribution in [-0.2, 0) is 9.59 Å². The number of para-hydroxylation sites is 1. The maximum atomic E-state index is 11.8. The van der Waals surface area contributed by atoms with Gasteiger partial charge in [-0.1, -0.05) is 12.1 Å². The molecule has 0 saturated carbocycles. The van der Waals surface area contributed by atoms with Gasteiger partial charge in [0.05, 0.1) is 11.4 Å². The first kappa shape index (κ1) is 12.2. The van der Waals surface area contributed by atoms with Crippen LogP contribution in [0.4, 0.5) is 0 Å². The van der Waals surface area contributed by atoms with Crippen molar-refractivity contribution in [2.45, 2.75) is 18.8 Å². The first-order valence-corrected chi connectivity index (χ1v) is 6.69. The first-order chi connectivity index (χ1) is 9.15. The zero-order chi connectivity index (χ0) is 13.4. The van der Waals surface area contributed by atoms with Crippen LogP contribution in [0.5, 0.6) is 0 Å². The van der Waals surface area contributed by atoms with E-state index in [1.165, 1.54) is 0 Å². The third-order valence-electron chi connectivity index (χ3n) is 3.13. The lowest BCUT2D eigenvalue weighted by Gasteiger charge is -2.19. The molecule has 1 fully saturated rings. The molecule has 96 valence electrons. The third kappa shape index (κ3) is 2.23. The molecule has 19 heavy (non-hydrogen) atoms. The molecule has 5 nitrogen and oxygen atoms in total. The Morgan fingerprint density at radius 2 is 2.16 bits per heavy atom. The Bertz CT molecular complexity index is 687. The van der Waals surface area contributed by atoms with Crippen LogP contribution >= 0.6 is 15.9 Å². The van der Waals surface area contributed by atoms with Crippen LogP contribution in [0.2, 0.25) is 0 Å². The van der Waals surface area contributed by atoms with E-state index in [2.05, 4.69) is 31.2 Å². The molecule has 1 aromatic carbocycles. The van der Waals surface area contributed by atoms with E-state index in [1.54, 1.807) is 6.20 Å². The van der Waals surface area contributed by atoms with E-state index in [9.17, 15) is 9.59 Å². The number of benzene rings is 1. The molecule has 3 rings (SSSR count). The van der Waals surface area contributed by atoms with Gasteiger partial charge in [0.15, 0.2) is 0 Å². The number of imide groups is 1. The van der Waals surface area contributed by atoms with Crippen molar-refractivity contribution in [2.24, 2.45) is 0 Å². The molecule has 1 atom stereocenters. The van der Waals surface area contributed by atoms with Crippen molar-refractivity contribution in [3.8, 4) is 0 Å². The van der Waals surface area contributed by atoms with Gasteiger partial charge in [-0.3, -0.25) is 14.9 Å². The highest BCUT2D eigenvalue weighted by atomic mass is 79.9. The maximum absolute atomic E-state index is 11.8. The number of nitrogens with zero attached hydrogens (tertiary/aromatic N) is 2. The lowest BCUT2D eigenvalue weighted by molar-refractivity contribution is -0.134. The van der Waals surface area contributed by atoms with Crippen molar-refractivity contribution in [3.63, 3.8) is 0 Å². The number of fused-ring (bicyclic) bond motifs is 1. The summed E-state index contributed by atoms with van der Waals surface area (Å²) < 4.78 is 0.862.